The lowest BCUT2D eigenvalue weighted by atomic mass is 10.2. The van der Waals surface area contributed by atoms with E-state index in [9.17, 15) is 8.42 Å². The zero-order valence-electron chi connectivity index (χ0n) is 7.29. The zero-order valence-corrected chi connectivity index (χ0v) is 8.10. The van der Waals surface area contributed by atoms with Gasteiger partial charge in [0.05, 0.1) is 5.75 Å². The van der Waals surface area contributed by atoms with Gasteiger partial charge in [-0.1, -0.05) is 13.0 Å². The number of nitrogens with two attached hydrogens (primary N) is 1. The Kier molecular flexibility index (Phi) is 5.12. The molecule has 0 bridgehead atoms. The van der Waals surface area contributed by atoms with Crippen molar-refractivity contribution in [3.8, 4) is 0 Å². The first-order chi connectivity index (χ1) is 5.52. The lowest BCUT2D eigenvalue weighted by Crippen LogP contribution is -2.37. The van der Waals surface area contributed by atoms with E-state index in [4.69, 9.17) is 5.73 Å². The highest BCUT2D eigenvalue weighted by molar-refractivity contribution is 7.89. The SMILES string of the molecule is C=CCS(=O)(=O)NCC(N)CC. The monoisotopic (exact) mass is 192 g/mol. The topological polar surface area (TPSA) is 72.2 Å². The summed E-state index contributed by atoms with van der Waals surface area (Å²) in [6, 6.07) is -0.107. The van der Waals surface area contributed by atoms with Gasteiger partial charge in [-0.25, -0.2) is 13.1 Å². The van der Waals surface area contributed by atoms with Gasteiger partial charge in [0.25, 0.3) is 0 Å². The van der Waals surface area contributed by atoms with Crippen molar-refractivity contribution in [1.82, 2.24) is 4.72 Å². The molecule has 0 heterocycles. The van der Waals surface area contributed by atoms with Crippen molar-refractivity contribution in [2.45, 2.75) is 19.4 Å². The zero-order chi connectivity index (χ0) is 9.61. The summed E-state index contributed by atoms with van der Waals surface area (Å²) in [4.78, 5) is 0. The molecule has 4 nitrogen and oxygen atoms in total. The quantitative estimate of drug-likeness (QED) is 0.574. The first kappa shape index (κ1) is 11.6. The highest BCUT2D eigenvalue weighted by atomic mass is 32.2. The van der Waals surface area contributed by atoms with E-state index in [1.165, 1.54) is 6.08 Å². The molecule has 0 saturated carbocycles. The third kappa shape index (κ3) is 5.29. The average molecular weight is 192 g/mol. The Bertz CT molecular complexity index is 224. The largest absolute Gasteiger partial charge is 0.327 e. The molecule has 3 N–H and O–H groups in total. The predicted molar refractivity (Wildman–Crippen MR) is 50.3 cm³/mol. The van der Waals surface area contributed by atoms with Crippen molar-refractivity contribution in [1.29, 1.82) is 0 Å². The molecule has 1 unspecified atom stereocenters. The first-order valence-electron chi connectivity index (χ1n) is 3.85. The number of nitrogens with one attached hydrogen (secondary N) is 1. The third-order valence-electron chi connectivity index (χ3n) is 1.43. The standard InChI is InChI=1S/C7H16N2O2S/c1-3-5-12(10,11)9-6-7(8)4-2/h3,7,9H,1,4-6,8H2,2H3. The lowest BCUT2D eigenvalue weighted by molar-refractivity contribution is 0.566. The number of hydrogen-bond donors (Lipinski definition) is 2. The second-order valence-electron chi connectivity index (χ2n) is 2.59. The van der Waals surface area contributed by atoms with E-state index in [-0.39, 0.29) is 11.8 Å². The fraction of sp³-hybridized carbons (Fsp3) is 0.714. The van der Waals surface area contributed by atoms with Gasteiger partial charge in [0.15, 0.2) is 0 Å². The smallest absolute Gasteiger partial charge is 0.215 e. The maximum absolute atomic E-state index is 11.0. The average Bonchev–Trinajstić information content (AvgIpc) is 2.00. The van der Waals surface area contributed by atoms with E-state index in [0.717, 1.165) is 6.42 Å². The Morgan fingerprint density at radius 2 is 2.25 bits per heavy atom. The van der Waals surface area contributed by atoms with Gasteiger partial charge in [-0.15, -0.1) is 6.58 Å². The molecule has 1 atom stereocenters. The van der Waals surface area contributed by atoms with E-state index in [2.05, 4.69) is 11.3 Å². The van der Waals surface area contributed by atoms with Gasteiger partial charge in [0, 0.05) is 12.6 Å². The maximum atomic E-state index is 11.0. The third-order valence-corrected chi connectivity index (χ3v) is 2.71. The summed E-state index contributed by atoms with van der Waals surface area (Å²) in [5, 5.41) is 0. The van der Waals surface area contributed by atoms with Gasteiger partial charge in [-0.3, -0.25) is 0 Å². The molecule has 0 spiro atoms. The van der Waals surface area contributed by atoms with Crippen LogP contribution >= 0.6 is 0 Å². The van der Waals surface area contributed by atoms with E-state index in [1.807, 2.05) is 6.92 Å². The van der Waals surface area contributed by atoms with Crippen LogP contribution in [0, 0.1) is 0 Å². The van der Waals surface area contributed by atoms with Crippen LogP contribution in [0.1, 0.15) is 13.3 Å². The minimum atomic E-state index is -3.18. The van der Waals surface area contributed by atoms with Gasteiger partial charge in [-0.05, 0) is 6.42 Å². The van der Waals surface area contributed by atoms with E-state index in [1.54, 1.807) is 0 Å². The van der Waals surface area contributed by atoms with Crippen molar-refractivity contribution < 1.29 is 8.42 Å². The summed E-state index contributed by atoms with van der Waals surface area (Å²) in [6.45, 7) is 5.55. The predicted octanol–water partition coefficient (Wildman–Crippen LogP) is -0.171. The van der Waals surface area contributed by atoms with Crippen molar-refractivity contribution >= 4 is 10.0 Å². The van der Waals surface area contributed by atoms with E-state index < -0.39 is 10.0 Å². The maximum Gasteiger partial charge on any atom is 0.215 e. The van der Waals surface area contributed by atoms with Gasteiger partial charge in [0.1, 0.15) is 0 Å². The van der Waals surface area contributed by atoms with Crippen molar-refractivity contribution in [2.75, 3.05) is 12.3 Å². The summed E-state index contributed by atoms with van der Waals surface area (Å²) in [5.41, 5.74) is 5.52. The minimum Gasteiger partial charge on any atom is -0.327 e. The Morgan fingerprint density at radius 3 is 2.67 bits per heavy atom. The minimum absolute atomic E-state index is 0.0521. The molecule has 0 aliphatic carbocycles. The number of sulfonamides is 1. The fourth-order valence-corrected chi connectivity index (χ4v) is 1.49. The molecule has 72 valence electrons. The molecule has 0 saturated heterocycles. The van der Waals surface area contributed by atoms with Crippen LogP contribution in [0.3, 0.4) is 0 Å². The normalized spacial score (nSPS) is 14.2. The molecule has 0 aliphatic heterocycles. The molecule has 0 amide bonds. The number of hydrogen-bond acceptors (Lipinski definition) is 3. The van der Waals surface area contributed by atoms with E-state index in [0.29, 0.717) is 6.54 Å². The Morgan fingerprint density at radius 1 is 1.67 bits per heavy atom. The molecule has 0 rings (SSSR count). The van der Waals surface area contributed by atoms with Crippen molar-refractivity contribution in [2.24, 2.45) is 5.73 Å². The first-order valence-corrected chi connectivity index (χ1v) is 5.51. The lowest BCUT2D eigenvalue weighted by Gasteiger charge is -2.09. The van der Waals surface area contributed by atoms with Crippen LogP contribution in [-0.4, -0.2) is 26.8 Å². The second-order valence-corrected chi connectivity index (χ2v) is 4.44. The molecule has 5 heteroatoms. The molecule has 0 aromatic rings. The Hall–Kier alpha value is -0.390. The van der Waals surface area contributed by atoms with Crippen LogP contribution in [0.25, 0.3) is 0 Å². The molecular weight excluding hydrogens is 176 g/mol. The van der Waals surface area contributed by atoms with Crippen LogP contribution in [0.4, 0.5) is 0 Å². The van der Waals surface area contributed by atoms with Gasteiger partial charge in [-0.2, -0.15) is 0 Å². The molecule has 0 aliphatic rings. The van der Waals surface area contributed by atoms with E-state index >= 15 is 0 Å². The summed E-state index contributed by atoms with van der Waals surface area (Å²) < 4.78 is 24.4. The fourth-order valence-electron chi connectivity index (χ4n) is 0.592. The summed E-state index contributed by atoms with van der Waals surface area (Å²) >= 11 is 0. The molecular formula is C7H16N2O2S. The van der Waals surface area contributed by atoms with Gasteiger partial charge < -0.3 is 5.73 Å². The van der Waals surface area contributed by atoms with Crippen molar-refractivity contribution in [3.05, 3.63) is 12.7 Å². The molecule has 0 aromatic heterocycles. The summed E-state index contributed by atoms with van der Waals surface area (Å²) in [5.74, 6) is -0.0521. The summed E-state index contributed by atoms with van der Waals surface area (Å²) in [6.07, 6.45) is 2.11. The van der Waals surface area contributed by atoms with Crippen LogP contribution < -0.4 is 10.5 Å². The molecule has 0 radical (unpaired) electrons. The van der Waals surface area contributed by atoms with Crippen molar-refractivity contribution in [3.63, 3.8) is 0 Å². The second kappa shape index (κ2) is 5.29. The molecule has 0 aromatic carbocycles. The van der Waals surface area contributed by atoms with Crippen LogP contribution in [0.2, 0.25) is 0 Å². The highest BCUT2D eigenvalue weighted by Gasteiger charge is 2.08. The number of rotatable bonds is 6. The highest BCUT2D eigenvalue weighted by Crippen LogP contribution is 1.87. The Balaban J connectivity index is 3.84. The summed E-state index contributed by atoms with van der Waals surface area (Å²) in [7, 11) is -3.18. The molecule has 0 fully saturated rings. The Labute approximate surface area is 73.9 Å². The van der Waals surface area contributed by atoms with Crippen LogP contribution in [0.15, 0.2) is 12.7 Å². The van der Waals surface area contributed by atoms with Crippen LogP contribution in [0.5, 0.6) is 0 Å². The van der Waals surface area contributed by atoms with Crippen LogP contribution in [-0.2, 0) is 10.0 Å². The molecule has 12 heavy (non-hydrogen) atoms. The van der Waals surface area contributed by atoms with Gasteiger partial charge >= 0.3 is 0 Å². The van der Waals surface area contributed by atoms with Gasteiger partial charge in [0.2, 0.25) is 10.0 Å².